The Morgan fingerprint density at radius 1 is 1.15 bits per heavy atom. The van der Waals surface area contributed by atoms with Gasteiger partial charge in [0.2, 0.25) is 5.91 Å². The fraction of sp³-hybridized carbons (Fsp3) is 0.440. The lowest BCUT2D eigenvalue weighted by atomic mass is 9.84. The molecule has 0 radical (unpaired) electrons. The maximum Gasteiger partial charge on any atom is 0.230 e. The summed E-state index contributed by atoms with van der Waals surface area (Å²) in [5.74, 6) is 4.13. The van der Waals surface area contributed by atoms with Crippen LogP contribution in [0.5, 0.6) is 5.75 Å². The van der Waals surface area contributed by atoms with Gasteiger partial charge in [-0.3, -0.25) is 14.3 Å². The molecule has 172 valence electrons. The second-order valence-corrected chi connectivity index (χ2v) is 10.0. The Kier molecular flexibility index (Phi) is 6.35. The van der Waals surface area contributed by atoms with Crippen LogP contribution < -0.4 is 10.1 Å². The largest absolute Gasteiger partial charge is 0.497 e. The van der Waals surface area contributed by atoms with Gasteiger partial charge in [-0.2, -0.15) is 0 Å². The lowest BCUT2D eigenvalue weighted by Gasteiger charge is -2.28. The topological polar surface area (TPSA) is 81.9 Å². The van der Waals surface area contributed by atoms with Crippen molar-refractivity contribution in [3.63, 3.8) is 0 Å². The highest BCUT2D eigenvalue weighted by Gasteiger charge is 2.42. The fourth-order valence-corrected chi connectivity index (χ4v) is 6.22. The minimum absolute atomic E-state index is 0.0463. The number of thioether (sulfide) groups is 1. The van der Waals surface area contributed by atoms with Crippen molar-refractivity contribution in [2.45, 2.75) is 43.8 Å². The van der Waals surface area contributed by atoms with Gasteiger partial charge in [0.1, 0.15) is 5.75 Å². The fourth-order valence-electron chi connectivity index (χ4n) is 5.45. The van der Waals surface area contributed by atoms with Gasteiger partial charge >= 0.3 is 0 Å². The SMILES string of the molecule is COc1ccc(-n2c(SCC(=O)NC(C)C3CC4CCC3C4)nnc2-c2ccncc2)cc1. The van der Waals surface area contributed by atoms with E-state index in [2.05, 4.69) is 27.4 Å². The highest BCUT2D eigenvalue weighted by atomic mass is 32.2. The van der Waals surface area contributed by atoms with Crippen LogP contribution in [-0.2, 0) is 4.79 Å². The first-order chi connectivity index (χ1) is 16.1. The number of methoxy groups -OCH3 is 1. The van der Waals surface area contributed by atoms with Gasteiger partial charge < -0.3 is 10.1 Å². The van der Waals surface area contributed by atoms with Crippen LogP contribution in [0, 0.1) is 17.8 Å². The molecule has 4 atom stereocenters. The lowest BCUT2D eigenvalue weighted by Crippen LogP contribution is -2.40. The summed E-state index contributed by atoms with van der Waals surface area (Å²) in [5.41, 5.74) is 1.82. The highest BCUT2D eigenvalue weighted by Crippen LogP contribution is 2.49. The Bertz CT molecular complexity index is 1100. The molecule has 4 unspecified atom stereocenters. The molecule has 8 heteroatoms. The standard InChI is InChI=1S/C25H29N5O2S/c1-16(22-14-17-3-4-19(22)13-17)27-23(31)15-33-25-29-28-24(18-9-11-26-12-10-18)30(25)20-5-7-21(32-2)8-6-20/h5-12,16-17,19,22H,3-4,13-15H2,1-2H3,(H,27,31). The zero-order valence-electron chi connectivity index (χ0n) is 19.0. The molecule has 1 N–H and O–H groups in total. The minimum atomic E-state index is 0.0463. The maximum absolute atomic E-state index is 12.8. The summed E-state index contributed by atoms with van der Waals surface area (Å²) < 4.78 is 7.28. The van der Waals surface area contributed by atoms with Crippen LogP contribution in [0.3, 0.4) is 0 Å². The van der Waals surface area contributed by atoms with Gasteiger partial charge in [0.15, 0.2) is 11.0 Å². The van der Waals surface area contributed by atoms with Crippen molar-refractivity contribution in [3.8, 4) is 22.8 Å². The van der Waals surface area contributed by atoms with Gasteiger partial charge in [-0.25, -0.2) is 0 Å². The van der Waals surface area contributed by atoms with Gasteiger partial charge in [0, 0.05) is 29.7 Å². The molecular weight excluding hydrogens is 434 g/mol. The zero-order chi connectivity index (χ0) is 22.8. The molecule has 3 aromatic rings. The number of benzene rings is 1. The first-order valence-corrected chi connectivity index (χ1v) is 12.5. The number of amides is 1. The van der Waals surface area contributed by atoms with Crippen molar-refractivity contribution >= 4 is 17.7 Å². The molecule has 0 aliphatic heterocycles. The van der Waals surface area contributed by atoms with E-state index in [9.17, 15) is 4.79 Å². The first-order valence-electron chi connectivity index (χ1n) is 11.5. The van der Waals surface area contributed by atoms with Crippen LogP contribution in [0.15, 0.2) is 53.9 Å². The number of carbonyl (C=O) groups is 1. The summed E-state index contributed by atoms with van der Waals surface area (Å²) in [4.78, 5) is 16.9. The van der Waals surface area contributed by atoms with Crippen molar-refractivity contribution in [1.82, 2.24) is 25.1 Å². The molecule has 2 aliphatic rings. The van der Waals surface area contributed by atoms with Gasteiger partial charge in [-0.1, -0.05) is 18.2 Å². The third-order valence-corrected chi connectivity index (χ3v) is 7.99. The minimum Gasteiger partial charge on any atom is -0.497 e. The maximum atomic E-state index is 12.8. The summed E-state index contributed by atoms with van der Waals surface area (Å²) in [7, 11) is 1.65. The van der Waals surface area contributed by atoms with E-state index >= 15 is 0 Å². The molecule has 7 nitrogen and oxygen atoms in total. The second-order valence-electron chi connectivity index (χ2n) is 9.06. The Labute approximate surface area is 198 Å². The number of carbonyl (C=O) groups excluding carboxylic acids is 1. The molecule has 2 heterocycles. The first kappa shape index (κ1) is 21.9. The lowest BCUT2D eigenvalue weighted by molar-refractivity contribution is -0.119. The number of nitrogens with zero attached hydrogens (tertiary/aromatic N) is 4. The Balaban J connectivity index is 1.32. The van der Waals surface area contributed by atoms with Crippen LogP contribution >= 0.6 is 11.8 Å². The van der Waals surface area contributed by atoms with E-state index in [1.54, 1.807) is 19.5 Å². The normalized spacial score (nSPS) is 22.3. The highest BCUT2D eigenvalue weighted by molar-refractivity contribution is 7.99. The third kappa shape index (κ3) is 4.62. The van der Waals surface area contributed by atoms with Crippen molar-refractivity contribution in [3.05, 3.63) is 48.8 Å². The van der Waals surface area contributed by atoms with E-state index < -0.39 is 0 Å². The summed E-state index contributed by atoms with van der Waals surface area (Å²) in [6.45, 7) is 2.16. The summed E-state index contributed by atoms with van der Waals surface area (Å²) in [6.07, 6.45) is 8.79. The van der Waals surface area contributed by atoms with Crippen LogP contribution in [-0.4, -0.2) is 44.6 Å². The summed E-state index contributed by atoms with van der Waals surface area (Å²) in [5, 5.41) is 12.8. The Morgan fingerprint density at radius 3 is 2.61 bits per heavy atom. The van der Waals surface area contributed by atoms with E-state index in [4.69, 9.17) is 4.74 Å². The van der Waals surface area contributed by atoms with Crippen molar-refractivity contribution in [2.75, 3.05) is 12.9 Å². The molecule has 2 fully saturated rings. The molecule has 1 amide bonds. The monoisotopic (exact) mass is 463 g/mol. The van der Waals surface area contributed by atoms with Crippen LogP contribution in [0.1, 0.15) is 32.6 Å². The number of pyridine rings is 1. The second kappa shape index (κ2) is 9.55. The number of hydrogen-bond acceptors (Lipinski definition) is 6. The molecule has 2 bridgehead atoms. The van der Waals surface area contributed by atoms with Crippen molar-refractivity contribution in [1.29, 1.82) is 0 Å². The zero-order valence-corrected chi connectivity index (χ0v) is 19.8. The molecule has 0 spiro atoms. The summed E-state index contributed by atoms with van der Waals surface area (Å²) >= 11 is 1.41. The Morgan fingerprint density at radius 2 is 1.94 bits per heavy atom. The number of aromatic nitrogens is 4. The van der Waals surface area contributed by atoms with E-state index in [1.165, 1.54) is 37.4 Å². The number of ether oxygens (including phenoxy) is 1. The van der Waals surface area contributed by atoms with Crippen molar-refractivity contribution in [2.24, 2.45) is 17.8 Å². The van der Waals surface area contributed by atoms with Gasteiger partial charge in [0.05, 0.1) is 12.9 Å². The van der Waals surface area contributed by atoms with Crippen LogP contribution in [0.4, 0.5) is 0 Å². The van der Waals surface area contributed by atoms with E-state index in [1.807, 2.05) is 41.0 Å². The number of hydrogen-bond donors (Lipinski definition) is 1. The van der Waals surface area contributed by atoms with Crippen LogP contribution in [0.2, 0.25) is 0 Å². The average Bonchev–Trinajstić information content (AvgIpc) is 3.59. The Hall–Kier alpha value is -2.87. The molecule has 5 rings (SSSR count). The molecule has 2 saturated carbocycles. The predicted octanol–water partition coefficient (Wildman–Crippen LogP) is 4.37. The van der Waals surface area contributed by atoms with Gasteiger partial charge in [-0.15, -0.1) is 10.2 Å². The van der Waals surface area contributed by atoms with Gasteiger partial charge in [-0.05, 0) is 80.3 Å². The third-order valence-electron chi connectivity index (χ3n) is 7.06. The van der Waals surface area contributed by atoms with Crippen molar-refractivity contribution < 1.29 is 9.53 Å². The van der Waals surface area contributed by atoms with E-state index in [0.29, 0.717) is 22.7 Å². The van der Waals surface area contributed by atoms with Gasteiger partial charge in [0.25, 0.3) is 0 Å². The molecule has 2 aliphatic carbocycles. The smallest absolute Gasteiger partial charge is 0.230 e. The quantitative estimate of drug-likeness (QED) is 0.500. The predicted molar refractivity (Wildman–Crippen MR) is 128 cm³/mol. The number of nitrogens with one attached hydrogen (secondary N) is 1. The summed E-state index contributed by atoms with van der Waals surface area (Å²) in [6, 6.07) is 11.8. The average molecular weight is 464 g/mol. The van der Waals surface area contributed by atoms with E-state index in [0.717, 1.165) is 28.8 Å². The van der Waals surface area contributed by atoms with Crippen LogP contribution in [0.25, 0.3) is 17.1 Å². The number of fused-ring (bicyclic) bond motifs is 2. The molecule has 2 aromatic heterocycles. The van der Waals surface area contributed by atoms with E-state index in [-0.39, 0.29) is 11.9 Å². The number of rotatable bonds is 8. The molecule has 1 aromatic carbocycles. The molecule has 33 heavy (non-hydrogen) atoms. The molecule has 0 saturated heterocycles. The molecular formula is C25H29N5O2S.